The van der Waals surface area contributed by atoms with Gasteiger partial charge in [0, 0.05) is 19.5 Å². The lowest BCUT2D eigenvalue weighted by atomic mass is 10.1. The molecule has 1 unspecified atom stereocenters. The Kier molecular flexibility index (Phi) is 20.6. The number of aliphatic hydroxyl groups is 1. The first kappa shape index (κ1) is 31.1. The number of aliphatic hydroxyl groups excluding tert-OH is 1. The number of guanidine groups is 1. The van der Waals surface area contributed by atoms with Gasteiger partial charge in [0.1, 0.15) is 0 Å². The van der Waals surface area contributed by atoms with Crippen molar-refractivity contribution in [2.24, 2.45) is 22.2 Å². The fraction of sp³-hybridized carbons (Fsp3) is 0.870. The zero-order valence-electron chi connectivity index (χ0n) is 20.6. The summed E-state index contributed by atoms with van der Waals surface area (Å²) in [6.45, 7) is 5.31. The van der Waals surface area contributed by atoms with Crippen molar-refractivity contribution in [3.8, 4) is 0 Å². The molecule has 0 aliphatic rings. The number of rotatable bonds is 22. The maximum atomic E-state index is 12.1. The second kappa shape index (κ2) is 21.9. The zero-order chi connectivity index (χ0) is 24.7. The van der Waals surface area contributed by atoms with Crippen LogP contribution in [0, 0.1) is 0 Å². The molecule has 0 spiro atoms. The van der Waals surface area contributed by atoms with Gasteiger partial charge in [-0.25, -0.2) is 0 Å². The number of aliphatic imine (C=N–C) groups is 1. The van der Waals surface area contributed by atoms with E-state index in [2.05, 4.69) is 20.9 Å². The van der Waals surface area contributed by atoms with Crippen molar-refractivity contribution in [1.82, 2.24) is 16.0 Å². The first-order chi connectivity index (χ1) is 15.9. The van der Waals surface area contributed by atoms with Gasteiger partial charge in [-0.2, -0.15) is 0 Å². The molecule has 0 rings (SSSR count). The van der Waals surface area contributed by atoms with Crippen LogP contribution in [0.5, 0.6) is 0 Å². The number of carbonyl (C=O) groups excluding carboxylic acids is 2. The minimum absolute atomic E-state index is 0.127. The van der Waals surface area contributed by atoms with E-state index in [1.807, 2.05) is 0 Å². The third-order valence-corrected chi connectivity index (χ3v) is 5.37. The van der Waals surface area contributed by atoms with Crippen molar-refractivity contribution < 1.29 is 14.7 Å². The van der Waals surface area contributed by atoms with Crippen LogP contribution in [0.4, 0.5) is 0 Å². The first-order valence-corrected chi connectivity index (χ1v) is 12.6. The maximum Gasteiger partial charge on any atom is 0.250 e. The van der Waals surface area contributed by atoms with Crippen LogP contribution < -0.4 is 33.2 Å². The van der Waals surface area contributed by atoms with Crippen LogP contribution in [0.15, 0.2) is 4.99 Å². The highest BCUT2D eigenvalue weighted by Gasteiger charge is 2.23. The van der Waals surface area contributed by atoms with E-state index in [-0.39, 0.29) is 11.9 Å². The van der Waals surface area contributed by atoms with Crippen LogP contribution in [-0.4, -0.2) is 67.8 Å². The molecule has 0 bridgehead atoms. The minimum atomic E-state index is -1.25. The average molecular weight is 472 g/mol. The van der Waals surface area contributed by atoms with E-state index in [4.69, 9.17) is 17.2 Å². The third-order valence-electron chi connectivity index (χ3n) is 5.37. The molecule has 33 heavy (non-hydrogen) atoms. The van der Waals surface area contributed by atoms with E-state index in [1.54, 1.807) is 6.92 Å². The second-order valence-corrected chi connectivity index (χ2v) is 8.58. The number of nitrogens with zero attached hydrogens (tertiary/aromatic N) is 1. The molecule has 0 aromatic carbocycles. The molecule has 10 heteroatoms. The number of carbonyl (C=O) groups is 2. The molecule has 2 atom stereocenters. The smallest absolute Gasteiger partial charge is 0.250 e. The quantitative estimate of drug-likeness (QED) is 0.0680. The number of nitrogens with one attached hydrogen (secondary N) is 3. The molecular formula is C23H49N7O3. The number of hydrogen-bond donors (Lipinski definition) is 7. The molecule has 0 saturated heterocycles. The van der Waals surface area contributed by atoms with Gasteiger partial charge in [-0.05, 0) is 58.7 Å². The van der Waals surface area contributed by atoms with Crippen molar-refractivity contribution in [3.05, 3.63) is 0 Å². The minimum Gasteiger partial charge on any atom is -0.381 e. The summed E-state index contributed by atoms with van der Waals surface area (Å²) in [5, 5.41) is 18.9. The van der Waals surface area contributed by atoms with Crippen molar-refractivity contribution in [3.63, 3.8) is 0 Å². The summed E-state index contributed by atoms with van der Waals surface area (Å²) in [7, 11) is 0. The van der Waals surface area contributed by atoms with Crippen molar-refractivity contribution >= 4 is 17.8 Å². The standard InChI is InChI=1S/C23H49N7O3/c1-19(21(32)22(33)28-17-11-10-15-27-16-12-14-24)30-20(31)13-8-6-4-2-3-5-7-9-18-29-23(25)26/h19,21,27,32H,2-18,24H2,1H3,(H,28,33)(H,30,31)(H4,25,26,29)/t19?,21-/m1/s1. The predicted molar refractivity (Wildman–Crippen MR) is 135 cm³/mol. The van der Waals surface area contributed by atoms with Gasteiger partial charge in [0.15, 0.2) is 12.1 Å². The number of hydrogen-bond acceptors (Lipinski definition) is 6. The van der Waals surface area contributed by atoms with Crippen LogP contribution in [0.2, 0.25) is 0 Å². The fourth-order valence-corrected chi connectivity index (χ4v) is 3.34. The van der Waals surface area contributed by atoms with E-state index >= 15 is 0 Å². The van der Waals surface area contributed by atoms with E-state index < -0.39 is 18.1 Å². The molecule has 0 saturated carbocycles. The molecule has 194 valence electrons. The topological polar surface area (TPSA) is 181 Å². The number of nitrogens with two attached hydrogens (primary N) is 3. The van der Waals surface area contributed by atoms with Gasteiger partial charge in [0.25, 0.3) is 5.91 Å². The van der Waals surface area contributed by atoms with Crippen molar-refractivity contribution in [1.29, 1.82) is 0 Å². The highest BCUT2D eigenvalue weighted by atomic mass is 16.3. The average Bonchev–Trinajstić information content (AvgIpc) is 2.78. The Balaban J connectivity index is 3.66. The zero-order valence-corrected chi connectivity index (χ0v) is 20.6. The molecule has 10 nitrogen and oxygen atoms in total. The molecule has 10 N–H and O–H groups in total. The van der Waals surface area contributed by atoms with Crippen LogP contribution in [0.1, 0.15) is 84.0 Å². The lowest BCUT2D eigenvalue weighted by Gasteiger charge is -2.20. The normalized spacial score (nSPS) is 12.7. The van der Waals surface area contributed by atoms with Crippen LogP contribution in [0.25, 0.3) is 0 Å². The summed E-state index contributed by atoms with van der Waals surface area (Å²) >= 11 is 0. The second-order valence-electron chi connectivity index (χ2n) is 8.58. The Hall–Kier alpha value is -1.91. The van der Waals surface area contributed by atoms with Gasteiger partial charge in [-0.3, -0.25) is 14.6 Å². The summed E-state index contributed by atoms with van der Waals surface area (Å²) in [6.07, 6.45) is 10.4. The number of unbranched alkanes of at least 4 members (excludes halogenated alkanes) is 8. The Labute approximate surface area is 199 Å². The monoisotopic (exact) mass is 471 g/mol. The molecule has 0 radical (unpaired) electrons. The molecule has 0 aliphatic carbocycles. The van der Waals surface area contributed by atoms with Gasteiger partial charge < -0.3 is 38.3 Å². The Morgan fingerprint density at radius 3 is 2.06 bits per heavy atom. The summed E-state index contributed by atoms with van der Waals surface area (Å²) in [4.78, 5) is 28.1. The van der Waals surface area contributed by atoms with Crippen LogP contribution >= 0.6 is 0 Å². The number of amides is 2. The molecule has 2 amide bonds. The Bertz CT molecular complexity index is 528. The predicted octanol–water partition coefficient (Wildman–Crippen LogP) is 0.471. The van der Waals surface area contributed by atoms with Crippen LogP contribution in [0.3, 0.4) is 0 Å². The lowest BCUT2D eigenvalue weighted by molar-refractivity contribution is -0.131. The Morgan fingerprint density at radius 1 is 0.848 bits per heavy atom. The highest BCUT2D eigenvalue weighted by Crippen LogP contribution is 2.10. The van der Waals surface area contributed by atoms with Gasteiger partial charge in [0.05, 0.1) is 6.04 Å². The van der Waals surface area contributed by atoms with Gasteiger partial charge >= 0.3 is 0 Å². The SMILES string of the molecule is CC(NC(=O)CCCCCCCCCCN=C(N)N)[C@@H](O)C(=O)NCCCCNCCCN. The highest BCUT2D eigenvalue weighted by molar-refractivity contribution is 5.83. The van der Waals surface area contributed by atoms with E-state index in [9.17, 15) is 14.7 Å². The molecule has 0 heterocycles. The van der Waals surface area contributed by atoms with Crippen LogP contribution in [-0.2, 0) is 9.59 Å². The fourth-order valence-electron chi connectivity index (χ4n) is 3.34. The lowest BCUT2D eigenvalue weighted by Crippen LogP contribution is -2.49. The molecule has 0 aromatic heterocycles. The van der Waals surface area contributed by atoms with Crippen molar-refractivity contribution in [2.45, 2.75) is 96.1 Å². The summed E-state index contributed by atoms with van der Waals surface area (Å²) in [5.74, 6) is -0.421. The molecule has 0 fully saturated rings. The van der Waals surface area contributed by atoms with E-state index in [1.165, 1.54) is 12.8 Å². The van der Waals surface area contributed by atoms with E-state index in [0.717, 1.165) is 70.9 Å². The third kappa shape index (κ3) is 20.4. The Morgan fingerprint density at radius 2 is 1.42 bits per heavy atom. The summed E-state index contributed by atoms with van der Waals surface area (Å²) in [6, 6.07) is -0.616. The largest absolute Gasteiger partial charge is 0.381 e. The summed E-state index contributed by atoms with van der Waals surface area (Å²) in [5.41, 5.74) is 16.0. The first-order valence-electron chi connectivity index (χ1n) is 12.6. The molecular weight excluding hydrogens is 422 g/mol. The molecule has 0 aromatic rings. The molecule has 0 aliphatic heterocycles. The van der Waals surface area contributed by atoms with Gasteiger partial charge in [-0.15, -0.1) is 0 Å². The summed E-state index contributed by atoms with van der Waals surface area (Å²) < 4.78 is 0. The maximum absolute atomic E-state index is 12.1. The van der Waals surface area contributed by atoms with Gasteiger partial charge in [0.2, 0.25) is 5.91 Å². The van der Waals surface area contributed by atoms with E-state index in [0.29, 0.717) is 26.1 Å². The van der Waals surface area contributed by atoms with Crippen molar-refractivity contribution in [2.75, 3.05) is 32.7 Å². The van der Waals surface area contributed by atoms with Gasteiger partial charge in [-0.1, -0.05) is 38.5 Å².